The van der Waals surface area contributed by atoms with Crippen LogP contribution in [-0.2, 0) is 6.42 Å². The zero-order valence-electron chi connectivity index (χ0n) is 15.4. The number of rotatable bonds is 10. The van der Waals surface area contributed by atoms with E-state index in [4.69, 9.17) is 15.2 Å². The normalized spacial score (nSPS) is 12.3. The van der Waals surface area contributed by atoms with Gasteiger partial charge in [0.05, 0.1) is 20.8 Å². The second kappa shape index (κ2) is 10.7. The molecule has 0 aliphatic heterocycles. The Morgan fingerprint density at radius 1 is 1.23 bits per heavy atom. The van der Waals surface area contributed by atoms with Gasteiger partial charge in [0, 0.05) is 13.1 Å². The van der Waals surface area contributed by atoms with Crippen LogP contribution < -0.4 is 20.5 Å². The minimum absolute atomic E-state index is 0.281. The fraction of sp³-hybridized carbons (Fsp3) is 0.588. The summed E-state index contributed by atoms with van der Waals surface area (Å²) in [6, 6.07) is 5.67. The molecular formula is C17H27F3N4O2. The molecular weight excluding hydrogens is 349 g/mol. The Morgan fingerprint density at radius 3 is 2.54 bits per heavy atom. The first kappa shape index (κ1) is 21.9. The van der Waals surface area contributed by atoms with E-state index in [-0.39, 0.29) is 5.96 Å². The number of benzene rings is 1. The molecule has 0 atom stereocenters. The molecule has 1 aromatic rings. The molecule has 0 heterocycles. The molecule has 9 heteroatoms. The van der Waals surface area contributed by atoms with Gasteiger partial charge in [0.15, 0.2) is 17.5 Å². The number of hydrogen-bond acceptors (Lipinski definition) is 4. The van der Waals surface area contributed by atoms with Gasteiger partial charge in [-0.25, -0.2) is 0 Å². The average molecular weight is 376 g/mol. The second-order valence-corrected chi connectivity index (χ2v) is 5.84. The topological polar surface area (TPSA) is 72.1 Å². The summed E-state index contributed by atoms with van der Waals surface area (Å²) in [6.45, 7) is 0.341. The SMILES string of the molecule is COc1ccc(CCNC(N)=NCCCN(C)CC(F)(F)F)cc1OC. The maximum atomic E-state index is 12.2. The van der Waals surface area contributed by atoms with Crippen LogP contribution >= 0.6 is 0 Å². The van der Waals surface area contributed by atoms with E-state index >= 15 is 0 Å². The van der Waals surface area contributed by atoms with E-state index in [1.54, 1.807) is 14.2 Å². The van der Waals surface area contributed by atoms with Crippen molar-refractivity contribution in [3.8, 4) is 11.5 Å². The lowest BCUT2D eigenvalue weighted by Gasteiger charge is -2.17. The third-order valence-electron chi connectivity index (χ3n) is 3.60. The van der Waals surface area contributed by atoms with Crippen molar-refractivity contribution >= 4 is 5.96 Å². The molecule has 1 aromatic carbocycles. The van der Waals surface area contributed by atoms with Crippen LogP contribution in [0.15, 0.2) is 23.2 Å². The van der Waals surface area contributed by atoms with Crippen molar-refractivity contribution < 1.29 is 22.6 Å². The summed E-state index contributed by atoms with van der Waals surface area (Å²) in [7, 11) is 4.59. The van der Waals surface area contributed by atoms with Gasteiger partial charge in [0.25, 0.3) is 0 Å². The van der Waals surface area contributed by atoms with Gasteiger partial charge in [0.2, 0.25) is 0 Å². The highest BCUT2D eigenvalue weighted by atomic mass is 19.4. The molecule has 26 heavy (non-hydrogen) atoms. The van der Waals surface area contributed by atoms with Gasteiger partial charge in [-0.15, -0.1) is 0 Å². The van der Waals surface area contributed by atoms with Crippen molar-refractivity contribution in [3.05, 3.63) is 23.8 Å². The molecule has 3 N–H and O–H groups in total. The van der Waals surface area contributed by atoms with Gasteiger partial charge in [-0.05, 0) is 44.1 Å². The Bertz CT molecular complexity index is 580. The summed E-state index contributed by atoms with van der Waals surface area (Å²) in [4.78, 5) is 5.33. The predicted molar refractivity (Wildman–Crippen MR) is 95.9 cm³/mol. The average Bonchev–Trinajstić information content (AvgIpc) is 2.57. The Labute approximate surface area is 152 Å². The zero-order chi connectivity index (χ0) is 19.6. The monoisotopic (exact) mass is 376 g/mol. The van der Waals surface area contributed by atoms with Crippen LogP contribution in [0.3, 0.4) is 0 Å². The van der Waals surface area contributed by atoms with Crippen molar-refractivity contribution in [2.75, 3.05) is 47.4 Å². The van der Waals surface area contributed by atoms with Gasteiger partial charge >= 0.3 is 6.18 Å². The molecule has 0 spiro atoms. The third-order valence-corrected chi connectivity index (χ3v) is 3.60. The number of hydrogen-bond donors (Lipinski definition) is 2. The Kier molecular flexibility index (Phi) is 9.04. The highest BCUT2D eigenvalue weighted by molar-refractivity contribution is 5.77. The Morgan fingerprint density at radius 2 is 1.92 bits per heavy atom. The number of guanidine groups is 1. The number of nitrogens with zero attached hydrogens (tertiary/aromatic N) is 2. The van der Waals surface area contributed by atoms with E-state index in [1.807, 2.05) is 18.2 Å². The van der Waals surface area contributed by atoms with E-state index in [0.717, 1.165) is 5.56 Å². The van der Waals surface area contributed by atoms with Crippen LogP contribution in [0.25, 0.3) is 0 Å². The summed E-state index contributed by atoms with van der Waals surface area (Å²) in [5.41, 5.74) is 6.81. The standard InChI is InChI=1S/C17H27F3N4O2/c1-24(12-17(18,19)20)10-4-8-22-16(21)23-9-7-13-5-6-14(25-2)15(11-13)26-3/h5-6,11H,4,7-10,12H2,1-3H3,(H3,21,22,23). The molecule has 0 unspecified atom stereocenters. The molecule has 0 saturated carbocycles. The fourth-order valence-corrected chi connectivity index (χ4v) is 2.35. The molecule has 0 aliphatic rings. The van der Waals surface area contributed by atoms with E-state index < -0.39 is 12.7 Å². The van der Waals surface area contributed by atoms with E-state index in [0.29, 0.717) is 44.0 Å². The first-order valence-electron chi connectivity index (χ1n) is 8.25. The summed E-state index contributed by atoms with van der Waals surface area (Å²) in [6.07, 6.45) is -2.96. The number of halogens is 3. The maximum Gasteiger partial charge on any atom is 0.401 e. The number of methoxy groups -OCH3 is 2. The number of alkyl halides is 3. The molecule has 0 amide bonds. The quantitative estimate of drug-likeness (QED) is 0.371. The van der Waals surface area contributed by atoms with Gasteiger partial charge in [-0.3, -0.25) is 9.89 Å². The second-order valence-electron chi connectivity index (χ2n) is 5.84. The molecule has 0 saturated heterocycles. The lowest BCUT2D eigenvalue weighted by molar-refractivity contribution is -0.143. The molecule has 0 bridgehead atoms. The van der Waals surface area contributed by atoms with Crippen LogP contribution in [0.1, 0.15) is 12.0 Å². The smallest absolute Gasteiger partial charge is 0.401 e. The molecule has 0 aromatic heterocycles. The highest BCUT2D eigenvalue weighted by Gasteiger charge is 2.28. The van der Waals surface area contributed by atoms with Gasteiger partial charge in [0.1, 0.15) is 0 Å². The Hall–Kier alpha value is -2.16. The van der Waals surface area contributed by atoms with E-state index in [2.05, 4.69) is 10.3 Å². The molecule has 1 rings (SSSR count). The number of aliphatic imine (C=N–C) groups is 1. The van der Waals surface area contributed by atoms with Crippen LogP contribution in [0.2, 0.25) is 0 Å². The fourth-order valence-electron chi connectivity index (χ4n) is 2.35. The lowest BCUT2D eigenvalue weighted by atomic mass is 10.1. The maximum absolute atomic E-state index is 12.2. The molecule has 0 fully saturated rings. The molecule has 0 aliphatic carbocycles. The summed E-state index contributed by atoms with van der Waals surface area (Å²) in [5.74, 6) is 1.61. The van der Waals surface area contributed by atoms with Gasteiger partial charge in [-0.1, -0.05) is 6.07 Å². The lowest BCUT2D eigenvalue weighted by Crippen LogP contribution is -2.34. The summed E-state index contributed by atoms with van der Waals surface area (Å²) >= 11 is 0. The minimum Gasteiger partial charge on any atom is -0.493 e. The number of ether oxygens (including phenoxy) is 2. The van der Waals surface area contributed by atoms with Crippen molar-refractivity contribution in [2.45, 2.75) is 19.0 Å². The van der Waals surface area contributed by atoms with Crippen molar-refractivity contribution in [3.63, 3.8) is 0 Å². The van der Waals surface area contributed by atoms with Crippen LogP contribution in [-0.4, -0.2) is 64.5 Å². The van der Waals surface area contributed by atoms with Crippen LogP contribution in [0, 0.1) is 0 Å². The number of nitrogens with two attached hydrogens (primary N) is 1. The first-order valence-corrected chi connectivity index (χ1v) is 8.25. The summed E-state index contributed by atoms with van der Waals surface area (Å²) in [5, 5.41) is 2.99. The molecule has 0 radical (unpaired) electrons. The van der Waals surface area contributed by atoms with Crippen LogP contribution in [0.5, 0.6) is 11.5 Å². The largest absolute Gasteiger partial charge is 0.493 e. The van der Waals surface area contributed by atoms with Crippen molar-refractivity contribution in [2.24, 2.45) is 10.7 Å². The van der Waals surface area contributed by atoms with Gasteiger partial charge < -0.3 is 20.5 Å². The first-order chi connectivity index (χ1) is 12.2. The van der Waals surface area contributed by atoms with Crippen molar-refractivity contribution in [1.29, 1.82) is 0 Å². The highest BCUT2D eigenvalue weighted by Crippen LogP contribution is 2.27. The molecule has 148 valence electrons. The minimum atomic E-state index is -4.18. The van der Waals surface area contributed by atoms with Crippen molar-refractivity contribution in [1.82, 2.24) is 10.2 Å². The third kappa shape index (κ3) is 8.80. The molecule has 6 nitrogen and oxygen atoms in total. The van der Waals surface area contributed by atoms with Crippen LogP contribution in [0.4, 0.5) is 13.2 Å². The summed E-state index contributed by atoms with van der Waals surface area (Å²) < 4.78 is 47.0. The Balaban J connectivity index is 2.29. The number of nitrogens with one attached hydrogen (secondary N) is 1. The van der Waals surface area contributed by atoms with E-state index in [1.165, 1.54) is 11.9 Å². The predicted octanol–water partition coefficient (Wildman–Crippen LogP) is 2.03. The van der Waals surface area contributed by atoms with E-state index in [9.17, 15) is 13.2 Å². The van der Waals surface area contributed by atoms with Gasteiger partial charge in [-0.2, -0.15) is 13.2 Å². The zero-order valence-corrected chi connectivity index (χ0v) is 15.4.